The molecule has 0 radical (unpaired) electrons. The van der Waals surface area contributed by atoms with Crippen LogP contribution in [0.5, 0.6) is 0 Å². The van der Waals surface area contributed by atoms with Crippen molar-refractivity contribution in [3.63, 3.8) is 0 Å². The van der Waals surface area contributed by atoms with E-state index in [1.54, 1.807) is 17.5 Å². The van der Waals surface area contributed by atoms with Crippen molar-refractivity contribution < 1.29 is 9.53 Å². The van der Waals surface area contributed by atoms with Crippen LogP contribution in [0.4, 0.5) is 9.80 Å². The van der Waals surface area contributed by atoms with Crippen molar-refractivity contribution in [1.29, 1.82) is 0 Å². The average Bonchev–Trinajstić information content (AvgIpc) is 2.75. The Labute approximate surface area is 124 Å². The molecule has 1 amide bonds. The lowest BCUT2D eigenvalue weighted by atomic mass is 9.98. The maximum Gasteiger partial charge on any atom is 0.412 e. The zero-order valence-electron chi connectivity index (χ0n) is 12.6. The van der Waals surface area contributed by atoms with Crippen LogP contribution in [0, 0.1) is 0 Å². The molecule has 1 aromatic rings. The van der Waals surface area contributed by atoms with E-state index in [2.05, 4.69) is 22.2 Å². The number of thiazole rings is 1. The van der Waals surface area contributed by atoms with E-state index in [-0.39, 0.29) is 0 Å². The number of rotatable bonds is 2. The standard InChI is InChI=1S/C14H23N3O2S/c1-14(2,3)19-13(18)16-11-9-15-12(20-11)10-5-7-17(4)8-6-10/h9-10H,5-8H2,1-4H3,(H,16,18). The molecule has 1 fully saturated rings. The van der Waals surface area contributed by atoms with E-state index in [4.69, 9.17) is 4.74 Å². The quantitative estimate of drug-likeness (QED) is 0.910. The first-order valence-electron chi connectivity index (χ1n) is 6.98. The molecule has 0 bridgehead atoms. The number of likely N-dealkylation sites (tertiary alicyclic amines) is 1. The second-order valence-corrected chi connectivity index (χ2v) is 7.33. The molecule has 0 unspecified atom stereocenters. The first-order chi connectivity index (χ1) is 9.33. The fourth-order valence-electron chi connectivity index (χ4n) is 2.19. The first kappa shape index (κ1) is 15.3. The normalized spacial score (nSPS) is 18.0. The van der Waals surface area contributed by atoms with Crippen LogP contribution in [0.3, 0.4) is 0 Å². The minimum Gasteiger partial charge on any atom is -0.444 e. The third-order valence-corrected chi connectivity index (χ3v) is 4.29. The number of ether oxygens (including phenoxy) is 1. The second kappa shape index (κ2) is 6.10. The molecule has 1 N–H and O–H groups in total. The number of hydrogen-bond donors (Lipinski definition) is 1. The summed E-state index contributed by atoms with van der Waals surface area (Å²) >= 11 is 1.55. The van der Waals surface area contributed by atoms with Crippen molar-refractivity contribution >= 4 is 22.4 Å². The average molecular weight is 297 g/mol. The summed E-state index contributed by atoms with van der Waals surface area (Å²) in [6.45, 7) is 7.77. The predicted molar refractivity (Wildman–Crippen MR) is 81.4 cm³/mol. The van der Waals surface area contributed by atoms with Crippen molar-refractivity contribution in [3.8, 4) is 0 Å². The lowest BCUT2D eigenvalue weighted by Crippen LogP contribution is -2.29. The molecule has 112 valence electrons. The van der Waals surface area contributed by atoms with Crippen molar-refractivity contribution in [2.24, 2.45) is 0 Å². The Balaban J connectivity index is 1.90. The molecule has 1 aromatic heterocycles. The fraction of sp³-hybridized carbons (Fsp3) is 0.714. The third-order valence-electron chi connectivity index (χ3n) is 3.22. The van der Waals surface area contributed by atoms with Crippen molar-refractivity contribution in [2.75, 3.05) is 25.5 Å². The molecule has 0 aliphatic carbocycles. The molecule has 6 heteroatoms. The van der Waals surface area contributed by atoms with Gasteiger partial charge in [0.1, 0.15) is 10.6 Å². The minimum atomic E-state index is -0.481. The van der Waals surface area contributed by atoms with Crippen LogP contribution in [0.25, 0.3) is 0 Å². The highest BCUT2D eigenvalue weighted by Gasteiger charge is 2.22. The van der Waals surface area contributed by atoms with E-state index in [0.29, 0.717) is 5.92 Å². The summed E-state index contributed by atoms with van der Waals surface area (Å²) in [5.41, 5.74) is -0.481. The number of carbonyl (C=O) groups excluding carboxylic acids is 1. The van der Waals surface area contributed by atoms with E-state index in [1.165, 1.54) is 0 Å². The Morgan fingerprint density at radius 2 is 2.10 bits per heavy atom. The van der Waals surface area contributed by atoms with Crippen molar-refractivity contribution in [1.82, 2.24) is 9.88 Å². The third kappa shape index (κ3) is 4.45. The van der Waals surface area contributed by atoms with Gasteiger partial charge in [-0.25, -0.2) is 9.78 Å². The summed E-state index contributed by atoms with van der Waals surface area (Å²) in [4.78, 5) is 18.5. The van der Waals surface area contributed by atoms with Gasteiger partial charge in [-0.1, -0.05) is 0 Å². The van der Waals surface area contributed by atoms with Gasteiger partial charge >= 0.3 is 6.09 Å². The van der Waals surface area contributed by atoms with E-state index >= 15 is 0 Å². The molecule has 0 saturated carbocycles. The Morgan fingerprint density at radius 3 is 2.70 bits per heavy atom. The Morgan fingerprint density at radius 1 is 1.45 bits per heavy atom. The van der Waals surface area contributed by atoms with E-state index in [9.17, 15) is 4.79 Å². The highest BCUT2D eigenvalue weighted by atomic mass is 32.1. The Kier molecular flexibility index (Phi) is 4.65. The molecule has 5 nitrogen and oxygen atoms in total. The van der Waals surface area contributed by atoms with Crippen LogP contribution in [0.1, 0.15) is 44.5 Å². The molecule has 2 heterocycles. The van der Waals surface area contributed by atoms with Gasteiger partial charge in [-0.15, -0.1) is 11.3 Å². The Hall–Kier alpha value is -1.14. The number of nitrogens with one attached hydrogen (secondary N) is 1. The number of hydrogen-bond acceptors (Lipinski definition) is 5. The highest BCUT2D eigenvalue weighted by Crippen LogP contribution is 2.32. The second-order valence-electron chi connectivity index (χ2n) is 6.27. The summed E-state index contributed by atoms with van der Waals surface area (Å²) in [5, 5.41) is 4.62. The molecule has 0 atom stereocenters. The van der Waals surface area contributed by atoms with Gasteiger partial charge in [0.25, 0.3) is 0 Å². The maximum atomic E-state index is 11.7. The zero-order valence-corrected chi connectivity index (χ0v) is 13.4. The Bertz CT molecular complexity index is 459. The lowest BCUT2D eigenvalue weighted by molar-refractivity contribution is 0.0636. The number of piperidine rings is 1. The van der Waals surface area contributed by atoms with Gasteiger partial charge in [-0.05, 0) is 53.8 Å². The molecule has 1 aliphatic rings. The summed E-state index contributed by atoms with van der Waals surface area (Å²) in [7, 11) is 2.15. The summed E-state index contributed by atoms with van der Waals surface area (Å²) < 4.78 is 5.23. The fourth-order valence-corrected chi connectivity index (χ4v) is 3.17. The maximum absolute atomic E-state index is 11.7. The van der Waals surface area contributed by atoms with Gasteiger partial charge in [0.15, 0.2) is 0 Å². The van der Waals surface area contributed by atoms with Crippen molar-refractivity contribution in [2.45, 2.75) is 45.1 Å². The van der Waals surface area contributed by atoms with Crippen LogP contribution in [0.15, 0.2) is 6.20 Å². The van der Waals surface area contributed by atoms with Gasteiger partial charge in [0, 0.05) is 5.92 Å². The van der Waals surface area contributed by atoms with E-state index in [1.807, 2.05) is 20.8 Å². The van der Waals surface area contributed by atoms with Crippen LogP contribution in [-0.2, 0) is 4.74 Å². The van der Waals surface area contributed by atoms with Gasteiger partial charge in [0.2, 0.25) is 0 Å². The van der Waals surface area contributed by atoms with Crippen LogP contribution in [-0.4, -0.2) is 41.7 Å². The smallest absolute Gasteiger partial charge is 0.412 e. The highest BCUT2D eigenvalue weighted by molar-refractivity contribution is 7.15. The topological polar surface area (TPSA) is 54.5 Å². The largest absolute Gasteiger partial charge is 0.444 e. The van der Waals surface area contributed by atoms with E-state index < -0.39 is 11.7 Å². The molecule has 1 aliphatic heterocycles. The summed E-state index contributed by atoms with van der Waals surface area (Å²) in [6.07, 6.45) is 3.57. The monoisotopic (exact) mass is 297 g/mol. The van der Waals surface area contributed by atoms with Crippen molar-refractivity contribution in [3.05, 3.63) is 11.2 Å². The first-order valence-corrected chi connectivity index (χ1v) is 7.79. The molecular weight excluding hydrogens is 274 g/mol. The van der Waals surface area contributed by atoms with Gasteiger partial charge in [-0.2, -0.15) is 0 Å². The van der Waals surface area contributed by atoms with Gasteiger partial charge in [0.05, 0.1) is 11.2 Å². The van der Waals surface area contributed by atoms with Crippen LogP contribution < -0.4 is 5.32 Å². The number of amides is 1. The van der Waals surface area contributed by atoms with Gasteiger partial charge < -0.3 is 9.64 Å². The predicted octanol–water partition coefficient (Wildman–Crippen LogP) is 3.30. The molecule has 2 rings (SSSR count). The number of aromatic nitrogens is 1. The molecule has 1 saturated heterocycles. The zero-order chi connectivity index (χ0) is 14.8. The summed E-state index contributed by atoms with van der Waals surface area (Å²) in [5.74, 6) is 0.519. The molecule has 0 spiro atoms. The minimum absolute atomic E-state index is 0.420. The molecule has 20 heavy (non-hydrogen) atoms. The SMILES string of the molecule is CN1CCC(c2ncc(NC(=O)OC(C)(C)C)s2)CC1. The van der Waals surface area contributed by atoms with E-state index in [0.717, 1.165) is 35.9 Å². The summed E-state index contributed by atoms with van der Waals surface area (Å²) in [6, 6.07) is 0. The number of anilines is 1. The number of nitrogens with zero attached hydrogens (tertiary/aromatic N) is 2. The molecular formula is C14H23N3O2S. The number of carbonyl (C=O) groups is 1. The lowest BCUT2D eigenvalue weighted by Gasteiger charge is -2.27. The van der Waals surface area contributed by atoms with Crippen LogP contribution >= 0.6 is 11.3 Å². The van der Waals surface area contributed by atoms with Crippen LogP contribution in [0.2, 0.25) is 0 Å². The van der Waals surface area contributed by atoms with Gasteiger partial charge in [-0.3, -0.25) is 5.32 Å². The molecule has 0 aromatic carbocycles.